The lowest BCUT2D eigenvalue weighted by atomic mass is 9.83. The molecule has 0 spiro atoms. The lowest BCUT2D eigenvalue weighted by molar-refractivity contribution is 0.0932. The Bertz CT molecular complexity index is 1110. The number of thiocarbonyl (C=S) groups is 1. The van der Waals surface area contributed by atoms with Gasteiger partial charge in [-0.15, -0.1) is 0 Å². The number of benzene rings is 1. The molecule has 3 atom stereocenters. The van der Waals surface area contributed by atoms with E-state index in [2.05, 4.69) is 26.6 Å². The number of nitrogens with zero attached hydrogens (tertiary/aromatic N) is 2. The van der Waals surface area contributed by atoms with Crippen molar-refractivity contribution in [1.82, 2.24) is 20.1 Å². The maximum absolute atomic E-state index is 12.8. The molecule has 2 aromatic rings. The number of halogens is 4. The van der Waals surface area contributed by atoms with Crippen molar-refractivity contribution in [3.63, 3.8) is 0 Å². The van der Waals surface area contributed by atoms with Gasteiger partial charge in [0.15, 0.2) is 5.11 Å². The van der Waals surface area contributed by atoms with Gasteiger partial charge in [-0.3, -0.25) is 9.59 Å². The van der Waals surface area contributed by atoms with Crippen molar-refractivity contribution in [2.45, 2.75) is 28.8 Å². The average molecular weight is 579 g/mol. The molecule has 0 aliphatic carbocycles. The van der Waals surface area contributed by atoms with E-state index in [1.165, 1.54) is 0 Å². The third kappa shape index (κ3) is 5.09. The maximum atomic E-state index is 12.8. The van der Waals surface area contributed by atoms with Crippen molar-refractivity contribution in [2.75, 3.05) is 13.1 Å². The zero-order valence-electron chi connectivity index (χ0n) is 16.7. The summed E-state index contributed by atoms with van der Waals surface area (Å²) in [6.07, 6.45) is -0.0499. The highest BCUT2D eigenvalue weighted by Gasteiger charge is 2.39. The number of aromatic nitrogens is 1. The largest absolute Gasteiger partial charge is 0.348 e. The SMILES string of the molecule is O=C(N[C@@H](NC(=S)N1C[C@@H]2C[C@H](C1)c1cccc(=O)n1C2)C(Cl)(Cl)Cl)c1ccccc1Br. The number of piperidine rings is 1. The standard InChI is InChI=1S/C21H20BrCl3N4O2S/c22-15-5-2-1-4-14(15)18(31)26-19(21(23,24)25)27-20(32)28-9-12-8-13(11-28)16-6-3-7-17(30)29(16)10-12/h1-7,12-13,19H,8-11H2,(H,26,31)(H,27,32)/t12-,13+,19-/m0/s1. The summed E-state index contributed by atoms with van der Waals surface area (Å²) in [7, 11) is 0. The highest BCUT2D eigenvalue weighted by Crippen LogP contribution is 2.35. The number of hydrogen-bond acceptors (Lipinski definition) is 3. The molecule has 1 aromatic carbocycles. The molecule has 1 fully saturated rings. The van der Waals surface area contributed by atoms with Gasteiger partial charge in [-0.05, 0) is 58.7 Å². The van der Waals surface area contributed by atoms with Gasteiger partial charge >= 0.3 is 0 Å². The van der Waals surface area contributed by atoms with Gasteiger partial charge in [0.25, 0.3) is 11.5 Å². The predicted molar refractivity (Wildman–Crippen MR) is 135 cm³/mol. The van der Waals surface area contributed by atoms with Crippen molar-refractivity contribution in [3.05, 3.63) is 68.5 Å². The Balaban J connectivity index is 1.48. The second-order valence-electron chi connectivity index (χ2n) is 7.98. The molecule has 2 N–H and O–H groups in total. The highest BCUT2D eigenvalue weighted by molar-refractivity contribution is 9.10. The van der Waals surface area contributed by atoms with Crippen LogP contribution in [0, 0.1) is 5.92 Å². The topological polar surface area (TPSA) is 66.4 Å². The van der Waals surface area contributed by atoms with Crippen LogP contribution in [-0.2, 0) is 6.54 Å². The summed E-state index contributed by atoms with van der Waals surface area (Å²) < 4.78 is 0.641. The summed E-state index contributed by atoms with van der Waals surface area (Å²) in [5.74, 6) is 0.0484. The van der Waals surface area contributed by atoms with E-state index in [9.17, 15) is 9.59 Å². The van der Waals surface area contributed by atoms with Gasteiger partial charge in [0.05, 0.1) is 5.56 Å². The van der Waals surface area contributed by atoms with Gasteiger partial charge in [0, 0.05) is 41.8 Å². The van der Waals surface area contributed by atoms with E-state index in [0.29, 0.717) is 34.8 Å². The van der Waals surface area contributed by atoms with Crippen molar-refractivity contribution >= 4 is 74.0 Å². The molecule has 11 heteroatoms. The van der Waals surface area contributed by atoms with Crippen LogP contribution in [0.2, 0.25) is 0 Å². The summed E-state index contributed by atoms with van der Waals surface area (Å²) in [6.45, 7) is 1.96. The lowest BCUT2D eigenvalue weighted by Crippen LogP contribution is -2.60. The number of rotatable bonds is 3. The molecule has 0 saturated carbocycles. The van der Waals surface area contributed by atoms with Crippen LogP contribution in [0.25, 0.3) is 0 Å². The number of carbonyl (C=O) groups excluding carboxylic acids is 1. The number of nitrogens with one attached hydrogen (secondary N) is 2. The fourth-order valence-corrected chi connectivity index (χ4v) is 5.39. The average Bonchev–Trinajstić information content (AvgIpc) is 2.73. The molecule has 32 heavy (non-hydrogen) atoms. The molecule has 0 unspecified atom stereocenters. The van der Waals surface area contributed by atoms with Gasteiger partial charge in [0.1, 0.15) is 6.17 Å². The van der Waals surface area contributed by atoms with Gasteiger partial charge in [0.2, 0.25) is 3.79 Å². The third-order valence-electron chi connectivity index (χ3n) is 5.76. The minimum Gasteiger partial charge on any atom is -0.348 e. The highest BCUT2D eigenvalue weighted by atomic mass is 79.9. The van der Waals surface area contributed by atoms with E-state index < -0.39 is 15.9 Å². The number of hydrogen-bond donors (Lipinski definition) is 2. The normalized spacial score (nSPS) is 20.8. The molecule has 2 aliphatic heterocycles. The van der Waals surface area contributed by atoms with Crippen LogP contribution in [0.15, 0.2) is 51.7 Å². The lowest BCUT2D eigenvalue weighted by Gasteiger charge is -2.44. The summed E-state index contributed by atoms with van der Waals surface area (Å²) in [6, 6.07) is 12.3. The molecule has 3 heterocycles. The van der Waals surface area contributed by atoms with Crippen LogP contribution in [-0.4, -0.2) is 43.5 Å². The first-order valence-corrected chi connectivity index (χ1v) is 12.3. The Hall–Kier alpha value is -1.32. The second-order valence-corrected chi connectivity index (χ2v) is 11.6. The number of fused-ring (bicyclic) bond motifs is 4. The first-order chi connectivity index (χ1) is 15.1. The van der Waals surface area contributed by atoms with Crippen LogP contribution in [0.3, 0.4) is 0 Å². The number of amides is 1. The number of alkyl halides is 3. The number of pyridine rings is 1. The second kappa shape index (κ2) is 9.50. The van der Waals surface area contributed by atoms with Gasteiger partial charge < -0.3 is 20.1 Å². The number of carbonyl (C=O) groups is 1. The van der Waals surface area contributed by atoms with Gasteiger partial charge in [-0.25, -0.2) is 0 Å². The number of likely N-dealkylation sites (tertiary alicyclic amines) is 1. The van der Waals surface area contributed by atoms with E-state index >= 15 is 0 Å². The van der Waals surface area contributed by atoms with Crippen molar-refractivity contribution in [1.29, 1.82) is 0 Å². The molecule has 1 amide bonds. The van der Waals surface area contributed by atoms with E-state index in [1.54, 1.807) is 36.4 Å². The van der Waals surface area contributed by atoms with E-state index in [-0.39, 0.29) is 17.4 Å². The van der Waals surface area contributed by atoms with E-state index in [4.69, 9.17) is 47.0 Å². The van der Waals surface area contributed by atoms with Crippen LogP contribution in [0.1, 0.15) is 28.4 Å². The monoisotopic (exact) mass is 576 g/mol. The Morgan fingerprint density at radius 1 is 1.09 bits per heavy atom. The first kappa shape index (κ1) is 23.8. The van der Waals surface area contributed by atoms with Crippen LogP contribution in [0.5, 0.6) is 0 Å². The molecular formula is C21H20BrCl3N4O2S. The third-order valence-corrected chi connectivity index (χ3v) is 7.48. The van der Waals surface area contributed by atoms with Crippen molar-refractivity contribution in [3.8, 4) is 0 Å². The smallest absolute Gasteiger partial charge is 0.254 e. The molecule has 1 aromatic heterocycles. The maximum Gasteiger partial charge on any atom is 0.254 e. The van der Waals surface area contributed by atoms with Crippen molar-refractivity contribution < 1.29 is 4.79 Å². The molecule has 2 bridgehead atoms. The first-order valence-electron chi connectivity index (χ1n) is 10.0. The van der Waals surface area contributed by atoms with Gasteiger partial charge in [-0.1, -0.05) is 53.0 Å². The molecule has 6 nitrogen and oxygen atoms in total. The van der Waals surface area contributed by atoms with E-state index in [0.717, 1.165) is 12.1 Å². The quantitative estimate of drug-likeness (QED) is 0.327. The molecule has 2 aliphatic rings. The van der Waals surface area contributed by atoms with Crippen molar-refractivity contribution in [2.24, 2.45) is 5.92 Å². The Morgan fingerprint density at radius 3 is 2.56 bits per heavy atom. The Labute approximate surface area is 214 Å². The molecule has 4 rings (SSSR count). The summed E-state index contributed by atoms with van der Waals surface area (Å²) in [4.78, 5) is 27.0. The van der Waals surface area contributed by atoms with Crippen LogP contribution < -0.4 is 16.2 Å². The fourth-order valence-electron chi connectivity index (χ4n) is 4.33. The predicted octanol–water partition coefficient (Wildman–Crippen LogP) is 4.03. The summed E-state index contributed by atoms with van der Waals surface area (Å²) >= 11 is 27.5. The fraction of sp³-hybridized carbons (Fsp3) is 0.381. The Morgan fingerprint density at radius 2 is 1.84 bits per heavy atom. The molecule has 1 saturated heterocycles. The zero-order valence-corrected chi connectivity index (χ0v) is 21.4. The van der Waals surface area contributed by atoms with Crippen LogP contribution in [0.4, 0.5) is 0 Å². The summed E-state index contributed by atoms with van der Waals surface area (Å²) in [5, 5.41) is 6.12. The van der Waals surface area contributed by atoms with Crippen LogP contribution >= 0.6 is 63.0 Å². The van der Waals surface area contributed by atoms with Gasteiger partial charge in [-0.2, -0.15) is 0 Å². The summed E-state index contributed by atoms with van der Waals surface area (Å²) in [5.41, 5.74) is 1.45. The minimum atomic E-state index is -1.84. The molecular weight excluding hydrogens is 559 g/mol. The Kier molecular flexibility index (Phi) is 7.08. The van der Waals surface area contributed by atoms with E-state index in [1.807, 2.05) is 15.5 Å². The zero-order chi connectivity index (χ0) is 23.0. The molecule has 0 radical (unpaired) electrons. The molecule has 170 valence electrons. The minimum absolute atomic E-state index is 0.0254.